The molecule has 0 saturated carbocycles. The third kappa shape index (κ3) is 1510. The van der Waals surface area contributed by atoms with Crippen molar-refractivity contribution < 1.29 is 19.2 Å². The van der Waals surface area contributed by atoms with Gasteiger partial charge in [0.05, 0.1) is 0 Å². The van der Waals surface area contributed by atoms with E-state index in [9.17, 15) is 0 Å². The van der Waals surface area contributed by atoms with E-state index in [0.29, 0.717) is 0 Å². The van der Waals surface area contributed by atoms with Crippen LogP contribution < -0.4 is 0 Å². The Bertz CT molecular complexity index is 49.8. The Balaban J connectivity index is 3.47. The van der Waals surface area contributed by atoms with Gasteiger partial charge in [0.1, 0.15) is 0 Å². The summed E-state index contributed by atoms with van der Waals surface area (Å²) in [6.45, 7) is 0. The largest absolute Gasteiger partial charge is 0.497 e. The van der Waals surface area contributed by atoms with Gasteiger partial charge in [0.25, 0.3) is 0 Å². The highest BCUT2D eigenvalue weighted by molar-refractivity contribution is 7.44. The summed E-state index contributed by atoms with van der Waals surface area (Å²) in [5.74, 6) is 0. The molecule has 0 rings (SSSR count). The van der Waals surface area contributed by atoms with Crippen LogP contribution in [0.15, 0.2) is 0 Å². The molecule has 0 atom stereocenters. The molecule has 0 fully saturated rings. The first-order chi connectivity index (χ1) is 2.00. The quantitative estimate of drug-likeness (QED) is 0.400. The van der Waals surface area contributed by atoms with E-state index in [1.807, 2.05) is 0 Å². The van der Waals surface area contributed by atoms with E-state index in [1.54, 1.807) is 0 Å². The van der Waals surface area contributed by atoms with Gasteiger partial charge in [-0.1, -0.05) is 0 Å². The Morgan fingerprint density at radius 2 is 1.40 bits per heavy atom. The molecule has 0 aromatic rings. The van der Waals surface area contributed by atoms with Crippen LogP contribution in [0.4, 0.5) is 0 Å². The predicted octanol–water partition coefficient (Wildman–Crippen LogP) is -0.490. The minimum atomic E-state index is -4.89. The second kappa shape index (κ2) is 1.06. The van der Waals surface area contributed by atoms with Crippen molar-refractivity contribution in [1.29, 1.82) is 0 Å². The van der Waals surface area contributed by atoms with Crippen LogP contribution in [0.5, 0.6) is 0 Å². The Morgan fingerprint density at radius 3 is 1.40 bits per heavy atom. The zero-order chi connectivity index (χ0) is 4.50. The van der Waals surface area contributed by atoms with Gasteiger partial charge in [-0.3, -0.25) is 0 Å². The maximum Gasteiger partial charge on any atom is 0.497 e. The molecule has 0 aliphatic rings. The average Bonchev–Trinajstić information content (AvgIpc) is 0.722. The molecule has 2 N–H and O–H groups in total. The minimum Gasteiger partial charge on any atom is -0.301 e. The molecule has 0 aliphatic carbocycles. The summed E-state index contributed by atoms with van der Waals surface area (Å²) in [4.78, 5) is 22.9. The average molecular weight is 97.0 g/mol. The van der Waals surface area contributed by atoms with E-state index in [1.165, 1.54) is 0 Å². The monoisotopic (exact) mass is 97.0 g/mol. The van der Waals surface area contributed by atoms with Crippen LogP contribution in [0.3, 0.4) is 0 Å². The molecule has 0 bridgehead atoms. The van der Waals surface area contributed by atoms with Gasteiger partial charge < -0.3 is 9.79 Å². The first-order valence-electron chi connectivity index (χ1n) is 0.765. The summed E-state index contributed by atoms with van der Waals surface area (Å²) in [5.41, 5.74) is 0. The Labute approximate surface area is 28.3 Å². The Morgan fingerprint density at radius 1 is 1.40 bits per heavy atom. The first-order valence-corrected chi connectivity index (χ1v) is 2.30. The van der Waals surface area contributed by atoms with Gasteiger partial charge in [-0.25, -0.2) is 4.57 Å². The lowest BCUT2D eigenvalue weighted by Gasteiger charge is -1.78. The molecule has 0 saturated heterocycles. The fraction of sp³-hybridized carbons (Fsp3) is 0. The molecule has 0 amide bonds. The third-order valence-corrected chi connectivity index (χ3v) is 0. The number of rotatable bonds is 0. The molecule has 4 nitrogen and oxygen atoms in total. The van der Waals surface area contributed by atoms with Crippen molar-refractivity contribution in [2.75, 3.05) is 0 Å². The van der Waals surface area contributed by atoms with Gasteiger partial charge in [0.15, 0.2) is 0 Å². The number of hydrogen-bond donors (Lipinski definition) is 2. The van der Waals surface area contributed by atoms with Gasteiger partial charge in [0.2, 0.25) is 0 Å². The highest BCUT2D eigenvalue weighted by Gasteiger charge is 2.04. The zero-order valence-electron chi connectivity index (χ0n) is 2.16. The van der Waals surface area contributed by atoms with Crippen molar-refractivity contribution >= 4 is 7.82 Å². The van der Waals surface area contributed by atoms with Crippen molar-refractivity contribution in [3.05, 3.63) is 0 Å². The molecule has 1 radical (unpaired) electrons. The van der Waals surface area contributed by atoms with Crippen molar-refractivity contribution in [2.24, 2.45) is 0 Å². The zero-order valence-corrected chi connectivity index (χ0v) is 3.05. The molecule has 5 heteroatoms. The highest BCUT2D eigenvalue weighted by Crippen LogP contribution is 2.27. The molecule has 0 aromatic carbocycles. The molecule has 5 heavy (non-hydrogen) atoms. The fourth-order valence-electron chi connectivity index (χ4n) is 0. The van der Waals surface area contributed by atoms with E-state index < -0.39 is 7.82 Å². The smallest absolute Gasteiger partial charge is 0.301 e. The summed E-state index contributed by atoms with van der Waals surface area (Å²) < 4.78 is 8.77. The van der Waals surface area contributed by atoms with Crippen LogP contribution in [0.2, 0.25) is 0 Å². The van der Waals surface area contributed by atoms with Crippen LogP contribution in [-0.4, -0.2) is 9.79 Å². The second-order valence-electron chi connectivity index (χ2n) is 0.491. The van der Waals surface area contributed by atoms with Gasteiger partial charge in [0, 0.05) is 0 Å². The predicted molar refractivity (Wildman–Crippen MR) is 12.7 cm³/mol. The molecule has 0 aromatic heterocycles. The molecular weight excluding hydrogens is 95.0 g/mol. The van der Waals surface area contributed by atoms with Gasteiger partial charge in [-0.2, -0.15) is 0 Å². The van der Waals surface area contributed by atoms with Gasteiger partial charge in [-0.15, -0.1) is 4.89 Å². The summed E-state index contributed by atoms with van der Waals surface area (Å²) >= 11 is 0. The Hall–Kier alpha value is 0.110. The number of hydrogen-bond acceptors (Lipinski definition) is 1. The summed E-state index contributed by atoms with van der Waals surface area (Å²) in [6, 6.07) is 0. The van der Waals surface area contributed by atoms with Crippen molar-refractivity contribution in [1.82, 2.24) is 0 Å². The highest BCUT2D eigenvalue weighted by atomic mass is 31.2. The third-order valence-electron chi connectivity index (χ3n) is 0. The summed E-state index contributed by atoms with van der Waals surface area (Å²) in [5, 5.41) is 0. The molecule has 0 heterocycles. The van der Waals surface area contributed by atoms with Crippen molar-refractivity contribution in [3.63, 3.8) is 0 Å². The normalized spacial score (nSPS) is 11.8. The molecular formula is H2O4P. The van der Waals surface area contributed by atoms with Crippen molar-refractivity contribution in [3.8, 4) is 0 Å². The van der Waals surface area contributed by atoms with E-state index in [0.717, 1.165) is 0 Å². The SMILES string of the molecule is [O]P(=O)(O)O. The topological polar surface area (TPSA) is 77.4 Å². The van der Waals surface area contributed by atoms with Gasteiger partial charge in [-0.05, 0) is 0 Å². The van der Waals surface area contributed by atoms with E-state index in [-0.39, 0.29) is 0 Å². The van der Waals surface area contributed by atoms with Crippen LogP contribution in [0.25, 0.3) is 0 Å². The second-order valence-corrected chi connectivity index (χ2v) is 1.47. The molecule has 0 spiro atoms. The summed E-state index contributed by atoms with van der Waals surface area (Å²) in [7, 11) is -4.89. The minimum absolute atomic E-state index is 4.89. The van der Waals surface area contributed by atoms with Gasteiger partial charge >= 0.3 is 7.82 Å². The van der Waals surface area contributed by atoms with E-state index >= 15 is 0 Å². The molecule has 31 valence electrons. The maximum atomic E-state index is 8.77. The van der Waals surface area contributed by atoms with E-state index in [2.05, 4.69) is 0 Å². The van der Waals surface area contributed by atoms with Crippen LogP contribution in [0.1, 0.15) is 0 Å². The van der Waals surface area contributed by atoms with Crippen molar-refractivity contribution in [2.45, 2.75) is 0 Å². The van der Waals surface area contributed by atoms with Crippen LogP contribution in [-0.2, 0) is 9.46 Å². The molecule has 0 unspecified atom stereocenters. The first kappa shape index (κ1) is 5.11. The summed E-state index contributed by atoms with van der Waals surface area (Å²) in [6.07, 6.45) is 0. The lowest BCUT2D eigenvalue weighted by molar-refractivity contribution is 0.235. The Kier molecular flexibility index (Phi) is 1.09. The maximum absolute atomic E-state index is 8.77. The lowest BCUT2D eigenvalue weighted by Crippen LogP contribution is -1.63. The van der Waals surface area contributed by atoms with Crippen LogP contribution in [0, 0.1) is 0 Å². The standard InChI is InChI=1S/H2O4P/c1-5(2,3)4/h(H2,1,2,3). The van der Waals surface area contributed by atoms with E-state index in [4.69, 9.17) is 19.2 Å². The fourth-order valence-corrected chi connectivity index (χ4v) is 0. The van der Waals surface area contributed by atoms with Crippen LogP contribution >= 0.6 is 7.82 Å². The lowest BCUT2D eigenvalue weighted by atomic mass is 15.8. The molecule has 0 aliphatic heterocycles.